The van der Waals surface area contributed by atoms with E-state index in [-0.39, 0.29) is 24.7 Å². The Hall–Kier alpha value is -1.35. The van der Waals surface area contributed by atoms with E-state index in [0.717, 1.165) is 12.8 Å². The summed E-state index contributed by atoms with van der Waals surface area (Å²) >= 11 is 1.37. The molecule has 1 aliphatic rings. The molecule has 0 saturated carbocycles. The van der Waals surface area contributed by atoms with E-state index in [1.807, 2.05) is 12.3 Å². The Morgan fingerprint density at radius 1 is 1.68 bits per heavy atom. The molecule has 2 N–H and O–H groups in total. The van der Waals surface area contributed by atoms with Crippen molar-refractivity contribution in [2.45, 2.75) is 31.9 Å². The third-order valence-corrected chi connectivity index (χ3v) is 3.91. The van der Waals surface area contributed by atoms with E-state index in [4.69, 9.17) is 9.84 Å². The van der Waals surface area contributed by atoms with Crippen molar-refractivity contribution in [3.8, 4) is 11.8 Å². The zero-order valence-corrected chi connectivity index (χ0v) is 11.6. The van der Waals surface area contributed by atoms with Crippen molar-refractivity contribution in [1.29, 1.82) is 0 Å². The molecule has 2 rings (SSSR count). The van der Waals surface area contributed by atoms with Crippen LogP contribution in [0.3, 0.4) is 0 Å². The van der Waals surface area contributed by atoms with Crippen LogP contribution in [0.2, 0.25) is 0 Å². The summed E-state index contributed by atoms with van der Waals surface area (Å²) in [4.78, 5) is 12.8. The summed E-state index contributed by atoms with van der Waals surface area (Å²) in [6.07, 6.45) is 1.88. The van der Waals surface area contributed by atoms with Gasteiger partial charge in [0.2, 0.25) is 0 Å². The zero-order valence-electron chi connectivity index (χ0n) is 10.8. The number of thiophene rings is 1. The second-order valence-electron chi connectivity index (χ2n) is 4.50. The van der Waals surface area contributed by atoms with Gasteiger partial charge in [0.15, 0.2) is 0 Å². The first-order valence-corrected chi connectivity index (χ1v) is 7.18. The van der Waals surface area contributed by atoms with Gasteiger partial charge in [-0.05, 0) is 31.2 Å². The molecule has 0 aliphatic carbocycles. The largest absolute Gasteiger partial charge is 0.384 e. The van der Waals surface area contributed by atoms with Crippen LogP contribution in [0.1, 0.15) is 35.0 Å². The highest BCUT2D eigenvalue weighted by atomic mass is 32.1. The van der Waals surface area contributed by atoms with Gasteiger partial charge in [-0.2, -0.15) is 0 Å². The molecule has 1 aliphatic heterocycles. The Balaban J connectivity index is 2.01. The summed E-state index contributed by atoms with van der Waals surface area (Å²) in [5.41, 5.74) is 0.677. The molecule has 5 heteroatoms. The number of ether oxygens (including phenoxy) is 1. The van der Waals surface area contributed by atoms with Crippen LogP contribution in [0.25, 0.3) is 0 Å². The van der Waals surface area contributed by atoms with Crippen LogP contribution >= 0.6 is 11.3 Å². The van der Waals surface area contributed by atoms with Crippen LogP contribution in [0.4, 0.5) is 0 Å². The minimum Gasteiger partial charge on any atom is -0.384 e. The van der Waals surface area contributed by atoms with Gasteiger partial charge in [-0.1, -0.05) is 11.8 Å². The first kappa shape index (κ1) is 14.1. The fraction of sp³-hybridized carbons (Fsp3) is 0.500. The smallest absolute Gasteiger partial charge is 0.262 e. The van der Waals surface area contributed by atoms with Gasteiger partial charge >= 0.3 is 0 Å². The molecule has 1 aromatic heterocycles. The molecule has 2 unspecified atom stereocenters. The lowest BCUT2D eigenvalue weighted by Crippen LogP contribution is -2.41. The average molecular weight is 279 g/mol. The molecule has 1 saturated heterocycles. The second-order valence-corrected chi connectivity index (χ2v) is 5.42. The highest BCUT2D eigenvalue weighted by Gasteiger charge is 2.22. The van der Waals surface area contributed by atoms with Crippen molar-refractivity contribution in [2.75, 3.05) is 13.2 Å². The van der Waals surface area contributed by atoms with E-state index in [1.54, 1.807) is 6.07 Å². The van der Waals surface area contributed by atoms with Crippen molar-refractivity contribution in [3.05, 3.63) is 21.9 Å². The van der Waals surface area contributed by atoms with Crippen LogP contribution in [0.15, 0.2) is 11.4 Å². The third-order valence-electron chi connectivity index (χ3n) is 2.99. The Morgan fingerprint density at radius 3 is 3.26 bits per heavy atom. The lowest BCUT2D eigenvalue weighted by Gasteiger charge is -2.27. The number of aliphatic hydroxyl groups excluding tert-OH is 1. The Labute approximate surface area is 116 Å². The number of nitrogens with one attached hydrogen (secondary N) is 1. The summed E-state index contributed by atoms with van der Waals surface area (Å²) in [5.74, 6) is 5.28. The predicted molar refractivity (Wildman–Crippen MR) is 74.2 cm³/mol. The molecule has 19 heavy (non-hydrogen) atoms. The van der Waals surface area contributed by atoms with Gasteiger partial charge in [0.1, 0.15) is 11.5 Å². The summed E-state index contributed by atoms with van der Waals surface area (Å²) in [6.45, 7) is 2.50. The molecule has 2 atom stereocenters. The maximum Gasteiger partial charge on any atom is 0.262 e. The number of amides is 1. The van der Waals surface area contributed by atoms with Crippen LogP contribution in [-0.2, 0) is 4.74 Å². The number of aliphatic hydroxyl groups is 1. The Kier molecular flexibility index (Phi) is 4.97. The number of hydrogen-bond donors (Lipinski definition) is 2. The quantitative estimate of drug-likeness (QED) is 0.804. The van der Waals surface area contributed by atoms with Crippen molar-refractivity contribution < 1.29 is 14.6 Å². The number of rotatable bonds is 2. The topological polar surface area (TPSA) is 58.6 Å². The standard InChI is InChI=1S/C14H17NO3S/c1-10-9-12(4-7-18-10)15-14(17)13-11(3-2-6-16)5-8-19-13/h5,8,10,12,16H,4,6-7,9H2,1H3,(H,15,17). The van der Waals surface area contributed by atoms with E-state index in [2.05, 4.69) is 17.2 Å². The zero-order chi connectivity index (χ0) is 13.7. The number of hydrogen-bond acceptors (Lipinski definition) is 4. The van der Waals surface area contributed by atoms with Gasteiger partial charge in [0.25, 0.3) is 5.91 Å². The maximum atomic E-state index is 12.2. The van der Waals surface area contributed by atoms with Crippen molar-refractivity contribution in [2.24, 2.45) is 0 Å². The third kappa shape index (κ3) is 3.80. The fourth-order valence-corrected chi connectivity index (χ4v) is 2.85. The van der Waals surface area contributed by atoms with E-state index in [0.29, 0.717) is 17.0 Å². The highest BCUT2D eigenvalue weighted by molar-refractivity contribution is 7.12. The average Bonchev–Trinajstić information content (AvgIpc) is 2.84. The van der Waals surface area contributed by atoms with Crippen molar-refractivity contribution in [1.82, 2.24) is 5.32 Å². The van der Waals surface area contributed by atoms with Gasteiger partial charge in [0, 0.05) is 18.2 Å². The van der Waals surface area contributed by atoms with E-state index >= 15 is 0 Å². The Bertz CT molecular complexity index is 500. The maximum absolute atomic E-state index is 12.2. The highest BCUT2D eigenvalue weighted by Crippen LogP contribution is 2.18. The molecular weight excluding hydrogens is 262 g/mol. The van der Waals surface area contributed by atoms with Gasteiger partial charge in [-0.3, -0.25) is 4.79 Å². The van der Waals surface area contributed by atoms with Crippen molar-refractivity contribution >= 4 is 17.2 Å². The summed E-state index contributed by atoms with van der Waals surface area (Å²) in [5, 5.41) is 13.6. The minimum absolute atomic E-state index is 0.0867. The molecular formula is C14H17NO3S. The van der Waals surface area contributed by atoms with Gasteiger partial charge in [0.05, 0.1) is 6.10 Å². The molecule has 2 heterocycles. The van der Waals surface area contributed by atoms with E-state index < -0.39 is 0 Å². The monoisotopic (exact) mass is 279 g/mol. The van der Waals surface area contributed by atoms with Crippen LogP contribution < -0.4 is 5.32 Å². The molecule has 1 fully saturated rings. The van der Waals surface area contributed by atoms with Crippen LogP contribution in [-0.4, -0.2) is 36.4 Å². The van der Waals surface area contributed by atoms with Crippen LogP contribution in [0.5, 0.6) is 0 Å². The van der Waals surface area contributed by atoms with Gasteiger partial charge in [-0.25, -0.2) is 0 Å². The first-order valence-electron chi connectivity index (χ1n) is 6.30. The second kappa shape index (κ2) is 6.71. The molecule has 1 amide bonds. The summed E-state index contributed by atoms with van der Waals surface area (Å²) in [6, 6.07) is 1.96. The fourth-order valence-electron chi connectivity index (χ4n) is 2.10. The summed E-state index contributed by atoms with van der Waals surface area (Å²) < 4.78 is 5.46. The minimum atomic E-state index is -0.200. The molecule has 0 bridgehead atoms. The van der Waals surface area contributed by atoms with Crippen molar-refractivity contribution in [3.63, 3.8) is 0 Å². The molecule has 102 valence electrons. The molecule has 1 aromatic rings. The number of carbonyl (C=O) groups excluding carboxylic acids is 1. The summed E-state index contributed by atoms with van der Waals surface area (Å²) in [7, 11) is 0. The Morgan fingerprint density at radius 2 is 2.53 bits per heavy atom. The first-order chi connectivity index (χ1) is 9.20. The predicted octanol–water partition coefficient (Wildman–Crippen LogP) is 1.39. The van der Waals surface area contributed by atoms with Gasteiger partial charge < -0.3 is 15.2 Å². The van der Waals surface area contributed by atoms with E-state index in [9.17, 15) is 4.79 Å². The van der Waals surface area contributed by atoms with Crippen LogP contribution in [0, 0.1) is 11.8 Å². The molecule has 4 nitrogen and oxygen atoms in total. The number of carbonyl (C=O) groups is 1. The molecule has 0 spiro atoms. The SMILES string of the molecule is CC1CC(NC(=O)c2sccc2C#CCO)CCO1. The lowest BCUT2D eigenvalue weighted by molar-refractivity contribution is 0.0137. The lowest BCUT2D eigenvalue weighted by atomic mass is 10.0. The molecule has 0 aromatic carbocycles. The van der Waals surface area contributed by atoms with Gasteiger partial charge in [-0.15, -0.1) is 11.3 Å². The normalized spacial score (nSPS) is 22.4. The van der Waals surface area contributed by atoms with E-state index in [1.165, 1.54) is 11.3 Å². The molecule has 0 radical (unpaired) electrons.